The summed E-state index contributed by atoms with van der Waals surface area (Å²) in [5.74, 6) is 0. The standard InChI is InChI=1S/C2H7O3P.H3O3P/c1-4-6(3)5-2;1-4(2)3/h3H,1-2H3;1-3H. The van der Waals surface area contributed by atoms with E-state index in [0.717, 1.165) is 0 Å². The first-order valence-electron chi connectivity index (χ1n) is 1.98. The largest absolute Gasteiger partial charge is 0.329 e. The molecule has 0 aliphatic rings. The van der Waals surface area contributed by atoms with Crippen molar-refractivity contribution in [1.29, 1.82) is 0 Å². The highest BCUT2D eigenvalue weighted by Crippen LogP contribution is 2.28. The van der Waals surface area contributed by atoms with Crippen molar-refractivity contribution in [3.63, 3.8) is 0 Å². The molecule has 0 aromatic heterocycles. The fraction of sp³-hybridized carbons (Fsp3) is 1.00. The summed E-state index contributed by atoms with van der Waals surface area (Å²) in [6.45, 7) is 0. The van der Waals surface area contributed by atoms with Crippen LogP contribution in [0.5, 0.6) is 0 Å². The molecule has 4 N–H and O–H groups in total. The smallest absolute Gasteiger partial charge is 0.328 e. The number of rotatable bonds is 2. The maximum absolute atomic E-state index is 8.29. The highest BCUT2D eigenvalue weighted by molar-refractivity contribution is 7.40. The molecule has 0 aromatic carbocycles. The lowest BCUT2D eigenvalue weighted by atomic mass is 11.8. The van der Waals surface area contributed by atoms with Gasteiger partial charge in [0.15, 0.2) is 0 Å². The van der Waals surface area contributed by atoms with Crippen molar-refractivity contribution in [2.24, 2.45) is 0 Å². The summed E-state index contributed by atoms with van der Waals surface area (Å²) in [5.41, 5.74) is 0. The third-order valence-corrected chi connectivity index (χ3v) is 0.937. The van der Waals surface area contributed by atoms with E-state index in [1.807, 2.05) is 0 Å². The van der Waals surface area contributed by atoms with Crippen molar-refractivity contribution < 1.29 is 28.6 Å². The Labute approximate surface area is 61.0 Å². The lowest BCUT2D eigenvalue weighted by Gasteiger charge is -1.98. The number of hydrogen-bond donors (Lipinski definition) is 4. The summed E-state index contributed by atoms with van der Waals surface area (Å²) in [6.07, 6.45) is 0. The second kappa shape index (κ2) is 9.62. The van der Waals surface area contributed by atoms with Gasteiger partial charge < -0.3 is 28.6 Å². The van der Waals surface area contributed by atoms with Gasteiger partial charge in [0.05, 0.1) is 0 Å². The lowest BCUT2D eigenvalue weighted by molar-refractivity contribution is 0.271. The summed E-state index contributed by atoms with van der Waals surface area (Å²) in [7, 11) is -1.43. The normalized spacial score (nSPS) is 9.60. The Bertz CT molecular complexity index is 53.0. The topological polar surface area (TPSA) is 99.4 Å². The molecular weight excluding hydrogens is 182 g/mol. The van der Waals surface area contributed by atoms with Gasteiger partial charge in [-0.2, -0.15) is 0 Å². The molecule has 6 nitrogen and oxygen atoms in total. The monoisotopic (exact) mass is 192 g/mol. The van der Waals surface area contributed by atoms with Gasteiger partial charge in [0, 0.05) is 14.2 Å². The van der Waals surface area contributed by atoms with Crippen LogP contribution in [0.25, 0.3) is 0 Å². The maximum atomic E-state index is 8.29. The molecule has 0 spiro atoms. The van der Waals surface area contributed by atoms with Gasteiger partial charge in [0.2, 0.25) is 0 Å². The van der Waals surface area contributed by atoms with Crippen LogP contribution in [0.3, 0.4) is 0 Å². The predicted octanol–water partition coefficient (Wildman–Crippen LogP) is -0.311. The second-order valence-corrected chi connectivity index (χ2v) is 2.61. The maximum Gasteiger partial charge on any atom is 0.329 e. The average molecular weight is 192 g/mol. The molecule has 0 radical (unpaired) electrons. The van der Waals surface area contributed by atoms with Crippen LogP contribution in [0.15, 0.2) is 0 Å². The summed E-state index contributed by atoms with van der Waals surface area (Å²) in [5, 5.41) is 0. The molecule has 0 aliphatic heterocycles. The predicted molar refractivity (Wildman–Crippen MR) is 36.7 cm³/mol. The SMILES string of the molecule is COP(O)OC.OP(O)O. The van der Waals surface area contributed by atoms with Gasteiger partial charge in [0.1, 0.15) is 0 Å². The van der Waals surface area contributed by atoms with Crippen molar-refractivity contribution in [2.45, 2.75) is 0 Å². The van der Waals surface area contributed by atoms with Crippen molar-refractivity contribution in [1.82, 2.24) is 0 Å². The molecule has 64 valence electrons. The molecule has 8 heteroatoms. The fourth-order valence-corrected chi connectivity index (χ4v) is 0.224. The van der Waals surface area contributed by atoms with Crippen molar-refractivity contribution in [2.75, 3.05) is 14.2 Å². The van der Waals surface area contributed by atoms with Crippen LogP contribution in [-0.2, 0) is 9.05 Å². The van der Waals surface area contributed by atoms with E-state index in [1.165, 1.54) is 14.2 Å². The summed E-state index contributed by atoms with van der Waals surface area (Å²) in [4.78, 5) is 30.0. The van der Waals surface area contributed by atoms with Crippen LogP contribution >= 0.6 is 17.2 Å². The molecule has 0 aromatic rings. The molecular formula is C2H10O6P2. The molecule has 0 fully saturated rings. The van der Waals surface area contributed by atoms with E-state index in [9.17, 15) is 0 Å². The molecule has 0 bridgehead atoms. The summed E-state index contributed by atoms with van der Waals surface area (Å²) in [6, 6.07) is 0. The highest BCUT2D eigenvalue weighted by Gasteiger charge is 1.94. The van der Waals surface area contributed by atoms with Gasteiger partial charge in [0.25, 0.3) is 0 Å². The van der Waals surface area contributed by atoms with Crippen molar-refractivity contribution in [3.05, 3.63) is 0 Å². The minimum Gasteiger partial charge on any atom is -0.328 e. The first kappa shape index (κ1) is 13.2. The molecule has 0 atom stereocenters. The van der Waals surface area contributed by atoms with Crippen LogP contribution in [0.1, 0.15) is 0 Å². The summed E-state index contributed by atoms with van der Waals surface area (Å²) >= 11 is 0. The van der Waals surface area contributed by atoms with E-state index < -0.39 is 17.2 Å². The Hall–Kier alpha value is 0.620. The van der Waals surface area contributed by atoms with Crippen LogP contribution < -0.4 is 0 Å². The number of hydrogen-bond acceptors (Lipinski definition) is 6. The Morgan fingerprint density at radius 3 is 1.10 bits per heavy atom. The van der Waals surface area contributed by atoms with Gasteiger partial charge in [-0.05, 0) is 0 Å². The zero-order valence-corrected chi connectivity index (χ0v) is 7.29. The Morgan fingerprint density at radius 1 is 0.900 bits per heavy atom. The molecule has 0 saturated carbocycles. The van der Waals surface area contributed by atoms with Crippen molar-refractivity contribution in [3.8, 4) is 0 Å². The average Bonchev–Trinajstić information content (AvgIpc) is 1.85. The van der Waals surface area contributed by atoms with Gasteiger partial charge in [-0.1, -0.05) is 0 Å². The minimum atomic E-state index is -2.62. The molecule has 0 rings (SSSR count). The Kier molecular flexibility index (Phi) is 12.7. The van der Waals surface area contributed by atoms with Gasteiger partial charge in [-0.25, -0.2) is 0 Å². The molecule has 10 heavy (non-hydrogen) atoms. The zero-order valence-electron chi connectivity index (χ0n) is 5.50. The van der Waals surface area contributed by atoms with E-state index in [2.05, 4.69) is 9.05 Å². The second-order valence-electron chi connectivity index (χ2n) is 0.871. The van der Waals surface area contributed by atoms with Gasteiger partial charge >= 0.3 is 17.2 Å². The van der Waals surface area contributed by atoms with E-state index in [1.54, 1.807) is 0 Å². The Morgan fingerprint density at radius 2 is 1.10 bits per heavy atom. The summed E-state index contributed by atoms with van der Waals surface area (Å²) < 4.78 is 8.59. The molecule has 0 saturated heterocycles. The third kappa shape index (κ3) is 23.4. The third-order valence-electron chi connectivity index (χ3n) is 0.312. The fourth-order valence-electron chi connectivity index (χ4n) is 0.0745. The van der Waals surface area contributed by atoms with E-state index in [0.29, 0.717) is 0 Å². The molecule has 0 unspecified atom stereocenters. The van der Waals surface area contributed by atoms with Crippen LogP contribution in [0.4, 0.5) is 0 Å². The van der Waals surface area contributed by atoms with E-state index in [4.69, 9.17) is 19.6 Å². The van der Waals surface area contributed by atoms with Crippen LogP contribution in [-0.4, -0.2) is 33.8 Å². The van der Waals surface area contributed by atoms with Crippen LogP contribution in [0, 0.1) is 0 Å². The molecule has 0 amide bonds. The van der Waals surface area contributed by atoms with E-state index >= 15 is 0 Å². The van der Waals surface area contributed by atoms with Gasteiger partial charge in [-0.3, -0.25) is 0 Å². The highest BCUT2D eigenvalue weighted by atomic mass is 31.2. The zero-order chi connectivity index (χ0) is 8.57. The molecule has 0 aliphatic carbocycles. The van der Waals surface area contributed by atoms with Crippen LogP contribution in [0.2, 0.25) is 0 Å². The minimum absolute atomic E-state index is 1.38. The Balaban J connectivity index is 0. The first-order chi connectivity index (χ1) is 4.54. The van der Waals surface area contributed by atoms with E-state index in [-0.39, 0.29) is 0 Å². The van der Waals surface area contributed by atoms with Crippen molar-refractivity contribution >= 4 is 17.2 Å². The quantitative estimate of drug-likeness (QED) is 0.448. The lowest BCUT2D eigenvalue weighted by Crippen LogP contribution is -1.75. The van der Waals surface area contributed by atoms with Gasteiger partial charge in [-0.15, -0.1) is 0 Å². The molecule has 0 heterocycles. The first-order valence-corrected chi connectivity index (χ1v) is 4.31.